The molecule has 2 aliphatic rings. The van der Waals surface area contributed by atoms with Gasteiger partial charge in [-0.1, -0.05) is 47.0 Å². The third kappa shape index (κ3) is 3.41. The molecule has 104 valence electrons. The molecule has 1 nitrogen and oxygen atoms in total. The van der Waals surface area contributed by atoms with Gasteiger partial charge in [0.15, 0.2) is 0 Å². The lowest BCUT2D eigenvalue weighted by Gasteiger charge is -2.32. The van der Waals surface area contributed by atoms with Gasteiger partial charge in [0.2, 0.25) is 0 Å². The highest BCUT2D eigenvalue weighted by atomic mass is 79.9. The number of rotatable bonds is 4. The summed E-state index contributed by atoms with van der Waals surface area (Å²) in [5.41, 5.74) is 1.39. The molecule has 1 aromatic rings. The predicted molar refractivity (Wildman–Crippen MR) is 84.2 cm³/mol. The van der Waals surface area contributed by atoms with Crippen molar-refractivity contribution >= 4 is 15.9 Å². The number of nitrogens with one attached hydrogen (secondary N) is 1. The zero-order valence-corrected chi connectivity index (χ0v) is 13.3. The third-order valence-electron chi connectivity index (χ3n) is 4.86. The largest absolute Gasteiger partial charge is 0.307 e. The molecule has 0 saturated heterocycles. The van der Waals surface area contributed by atoms with Crippen molar-refractivity contribution in [3.8, 4) is 0 Å². The molecule has 0 amide bonds. The minimum atomic E-state index is 0.443. The Morgan fingerprint density at radius 3 is 2.63 bits per heavy atom. The molecule has 2 fully saturated rings. The summed E-state index contributed by atoms with van der Waals surface area (Å²) in [4.78, 5) is 0. The van der Waals surface area contributed by atoms with Crippen LogP contribution in [0, 0.1) is 11.8 Å². The first-order chi connectivity index (χ1) is 9.24. The molecule has 0 heterocycles. The Morgan fingerprint density at radius 1 is 1.11 bits per heavy atom. The van der Waals surface area contributed by atoms with Gasteiger partial charge < -0.3 is 5.32 Å². The number of hydrogen-bond acceptors (Lipinski definition) is 1. The Kier molecular flexibility index (Phi) is 4.28. The molecule has 0 bridgehead atoms. The summed E-state index contributed by atoms with van der Waals surface area (Å²) in [5, 5.41) is 3.86. The summed E-state index contributed by atoms with van der Waals surface area (Å²) in [6.07, 6.45) is 8.65. The zero-order valence-electron chi connectivity index (χ0n) is 11.7. The second kappa shape index (κ2) is 5.97. The van der Waals surface area contributed by atoms with E-state index >= 15 is 0 Å². The van der Waals surface area contributed by atoms with E-state index in [0.29, 0.717) is 6.04 Å². The molecule has 3 rings (SSSR count). The molecule has 1 aromatic carbocycles. The Morgan fingerprint density at radius 2 is 1.89 bits per heavy atom. The van der Waals surface area contributed by atoms with Gasteiger partial charge >= 0.3 is 0 Å². The van der Waals surface area contributed by atoms with E-state index in [-0.39, 0.29) is 0 Å². The molecule has 0 spiro atoms. The fourth-order valence-electron chi connectivity index (χ4n) is 3.64. The number of benzene rings is 1. The van der Waals surface area contributed by atoms with Gasteiger partial charge in [-0.25, -0.2) is 0 Å². The first-order valence-electron chi connectivity index (χ1n) is 7.74. The average Bonchev–Trinajstić information content (AvgIpc) is 3.24. The summed E-state index contributed by atoms with van der Waals surface area (Å²) in [7, 11) is 0. The minimum absolute atomic E-state index is 0.443. The highest BCUT2D eigenvalue weighted by Crippen LogP contribution is 2.44. The van der Waals surface area contributed by atoms with Crippen LogP contribution in [0.1, 0.15) is 57.1 Å². The van der Waals surface area contributed by atoms with Gasteiger partial charge in [-0.3, -0.25) is 0 Å². The van der Waals surface area contributed by atoms with Gasteiger partial charge in [0.25, 0.3) is 0 Å². The summed E-state index contributed by atoms with van der Waals surface area (Å²) < 4.78 is 1.23. The van der Waals surface area contributed by atoms with Crippen LogP contribution in [0.5, 0.6) is 0 Å². The molecule has 2 saturated carbocycles. The molecule has 0 radical (unpaired) electrons. The van der Waals surface area contributed by atoms with Crippen LogP contribution in [0.25, 0.3) is 0 Å². The molecular weight excluding hydrogens is 298 g/mol. The van der Waals surface area contributed by atoms with E-state index in [1.54, 1.807) is 0 Å². The normalized spacial score (nSPS) is 29.2. The van der Waals surface area contributed by atoms with Crippen molar-refractivity contribution in [2.75, 3.05) is 0 Å². The lowest BCUT2D eigenvalue weighted by atomic mass is 9.82. The van der Waals surface area contributed by atoms with E-state index < -0.39 is 0 Å². The first kappa shape index (κ1) is 13.6. The van der Waals surface area contributed by atoms with Crippen molar-refractivity contribution in [1.29, 1.82) is 0 Å². The van der Waals surface area contributed by atoms with E-state index in [0.717, 1.165) is 17.9 Å². The summed E-state index contributed by atoms with van der Waals surface area (Å²) in [5.74, 6) is 2.08. The fraction of sp³-hybridized carbons (Fsp3) is 0.647. The van der Waals surface area contributed by atoms with E-state index in [2.05, 4.69) is 52.4 Å². The Labute approximate surface area is 125 Å². The van der Waals surface area contributed by atoms with Crippen molar-refractivity contribution in [3.63, 3.8) is 0 Å². The van der Waals surface area contributed by atoms with Crippen molar-refractivity contribution in [3.05, 3.63) is 34.3 Å². The third-order valence-corrected chi connectivity index (χ3v) is 5.58. The van der Waals surface area contributed by atoms with Gasteiger partial charge in [0.05, 0.1) is 0 Å². The topological polar surface area (TPSA) is 12.0 Å². The molecule has 2 aliphatic carbocycles. The van der Waals surface area contributed by atoms with Crippen LogP contribution in [0.15, 0.2) is 28.7 Å². The van der Waals surface area contributed by atoms with Crippen LogP contribution in [0.2, 0.25) is 0 Å². The number of hydrogen-bond donors (Lipinski definition) is 1. The van der Waals surface area contributed by atoms with E-state index in [1.807, 2.05) is 0 Å². The molecular formula is C17H24BrN. The maximum atomic E-state index is 3.86. The minimum Gasteiger partial charge on any atom is -0.307 e. The van der Waals surface area contributed by atoms with Crippen LogP contribution >= 0.6 is 15.9 Å². The van der Waals surface area contributed by atoms with E-state index in [9.17, 15) is 0 Å². The summed E-state index contributed by atoms with van der Waals surface area (Å²) in [6, 6.07) is 9.75. The van der Waals surface area contributed by atoms with Gasteiger partial charge in [-0.2, -0.15) is 0 Å². The predicted octanol–water partition coefficient (Wildman–Crippen LogP) is 5.07. The quantitative estimate of drug-likeness (QED) is 0.816. The Balaban J connectivity index is 1.59. The van der Waals surface area contributed by atoms with E-state index in [1.165, 1.54) is 48.6 Å². The van der Waals surface area contributed by atoms with Crippen LogP contribution < -0.4 is 5.32 Å². The van der Waals surface area contributed by atoms with Gasteiger partial charge in [-0.15, -0.1) is 0 Å². The molecule has 3 atom stereocenters. The van der Waals surface area contributed by atoms with Gasteiger partial charge in [-0.05, 0) is 56.1 Å². The molecule has 0 aromatic heterocycles. The van der Waals surface area contributed by atoms with Crippen LogP contribution in [-0.4, -0.2) is 6.04 Å². The molecule has 2 heteroatoms. The first-order valence-corrected chi connectivity index (χ1v) is 8.54. The lowest BCUT2D eigenvalue weighted by Crippen LogP contribution is -2.36. The summed E-state index contributed by atoms with van der Waals surface area (Å²) >= 11 is 3.67. The smallest absolute Gasteiger partial charge is 0.0305 e. The number of halogens is 1. The Hall–Kier alpha value is -0.340. The van der Waals surface area contributed by atoms with Crippen molar-refractivity contribution < 1.29 is 0 Å². The second-order valence-corrected chi connectivity index (χ2v) is 7.23. The van der Waals surface area contributed by atoms with Gasteiger partial charge in [0, 0.05) is 16.6 Å². The maximum absolute atomic E-state index is 3.86. The molecule has 19 heavy (non-hydrogen) atoms. The van der Waals surface area contributed by atoms with Crippen LogP contribution in [-0.2, 0) is 0 Å². The van der Waals surface area contributed by atoms with Crippen molar-refractivity contribution in [1.82, 2.24) is 5.32 Å². The fourth-order valence-corrected chi connectivity index (χ4v) is 4.27. The SMILES string of the molecule is C[C@@H](NC1CCCC(C2CC2)C1)c1ccccc1Br. The van der Waals surface area contributed by atoms with Crippen molar-refractivity contribution in [2.45, 2.75) is 57.5 Å². The van der Waals surface area contributed by atoms with Gasteiger partial charge in [0.1, 0.15) is 0 Å². The Bertz CT molecular complexity index is 427. The monoisotopic (exact) mass is 321 g/mol. The van der Waals surface area contributed by atoms with Crippen molar-refractivity contribution in [2.24, 2.45) is 11.8 Å². The van der Waals surface area contributed by atoms with E-state index in [4.69, 9.17) is 0 Å². The standard InChI is InChI=1S/C17H24BrN/c1-12(16-7-2-3-8-17(16)18)19-15-6-4-5-14(11-15)13-9-10-13/h2-3,7-8,12-15,19H,4-6,9-11H2,1H3/t12-,14?,15?/m1/s1. The molecule has 2 unspecified atom stereocenters. The highest BCUT2D eigenvalue weighted by Gasteiger charge is 2.34. The van der Waals surface area contributed by atoms with Crippen LogP contribution in [0.3, 0.4) is 0 Å². The second-order valence-electron chi connectivity index (χ2n) is 6.37. The average molecular weight is 322 g/mol. The maximum Gasteiger partial charge on any atom is 0.0305 e. The van der Waals surface area contributed by atoms with Crippen LogP contribution in [0.4, 0.5) is 0 Å². The summed E-state index contributed by atoms with van der Waals surface area (Å²) in [6.45, 7) is 2.29. The molecule has 0 aliphatic heterocycles. The molecule has 1 N–H and O–H groups in total. The zero-order chi connectivity index (χ0) is 13.2. The lowest BCUT2D eigenvalue weighted by molar-refractivity contribution is 0.249. The highest BCUT2D eigenvalue weighted by molar-refractivity contribution is 9.10.